The first kappa shape index (κ1) is 28.4. The van der Waals surface area contributed by atoms with Crippen LogP contribution < -0.4 is 5.32 Å². The van der Waals surface area contributed by atoms with Crippen LogP contribution in [0.3, 0.4) is 0 Å². The SMILES string of the molecule is CCCc1cc(C(=O)N[C@H](Cc2ccccc2)CN(O)C=O)nn1Cc1ccc(-c2ccccc2-c2nnn[nH]2)cc1. The second kappa shape index (κ2) is 13.5. The molecular formula is C31H32N8O3. The Morgan fingerprint density at radius 2 is 1.76 bits per heavy atom. The van der Waals surface area contributed by atoms with Gasteiger partial charge in [-0.15, -0.1) is 5.10 Å². The molecule has 42 heavy (non-hydrogen) atoms. The lowest BCUT2D eigenvalue weighted by atomic mass is 9.98. The van der Waals surface area contributed by atoms with Crippen molar-refractivity contribution in [3.05, 3.63) is 107 Å². The van der Waals surface area contributed by atoms with Crippen LogP contribution in [0.1, 0.15) is 40.7 Å². The molecule has 0 saturated heterocycles. The summed E-state index contributed by atoms with van der Waals surface area (Å²) >= 11 is 0. The number of hydroxylamine groups is 2. The van der Waals surface area contributed by atoms with E-state index in [4.69, 9.17) is 0 Å². The van der Waals surface area contributed by atoms with Crippen LogP contribution in [-0.4, -0.2) is 65.6 Å². The Kier molecular flexibility index (Phi) is 9.10. The number of amides is 2. The van der Waals surface area contributed by atoms with E-state index < -0.39 is 6.04 Å². The smallest absolute Gasteiger partial charge is 0.272 e. The number of hydrogen-bond donors (Lipinski definition) is 3. The summed E-state index contributed by atoms with van der Waals surface area (Å²) in [5, 5.41) is 32.2. The third-order valence-electron chi connectivity index (χ3n) is 6.92. The van der Waals surface area contributed by atoms with Gasteiger partial charge in [-0.25, -0.2) is 10.2 Å². The Morgan fingerprint density at radius 3 is 2.45 bits per heavy atom. The number of benzene rings is 3. The van der Waals surface area contributed by atoms with Gasteiger partial charge >= 0.3 is 0 Å². The largest absolute Gasteiger partial charge is 0.346 e. The minimum absolute atomic E-state index is 0.0465. The second-order valence-electron chi connectivity index (χ2n) is 10.0. The van der Waals surface area contributed by atoms with E-state index >= 15 is 0 Å². The number of aromatic amines is 1. The third kappa shape index (κ3) is 6.94. The van der Waals surface area contributed by atoms with Crippen LogP contribution in [0.4, 0.5) is 0 Å². The van der Waals surface area contributed by atoms with E-state index in [1.54, 1.807) is 0 Å². The molecule has 5 aromatic rings. The molecule has 2 amide bonds. The van der Waals surface area contributed by atoms with Gasteiger partial charge in [0, 0.05) is 11.3 Å². The van der Waals surface area contributed by atoms with Crippen LogP contribution in [0.2, 0.25) is 0 Å². The highest BCUT2D eigenvalue weighted by molar-refractivity contribution is 5.92. The highest BCUT2D eigenvalue weighted by atomic mass is 16.5. The lowest BCUT2D eigenvalue weighted by Gasteiger charge is -2.21. The highest BCUT2D eigenvalue weighted by Crippen LogP contribution is 2.29. The minimum Gasteiger partial charge on any atom is -0.346 e. The summed E-state index contributed by atoms with van der Waals surface area (Å²) in [5.41, 5.74) is 6.19. The fourth-order valence-electron chi connectivity index (χ4n) is 4.93. The predicted molar refractivity (Wildman–Crippen MR) is 156 cm³/mol. The van der Waals surface area contributed by atoms with Crippen molar-refractivity contribution in [1.29, 1.82) is 0 Å². The van der Waals surface area contributed by atoms with Gasteiger partial charge in [-0.05, 0) is 51.6 Å². The molecule has 0 fully saturated rings. The summed E-state index contributed by atoms with van der Waals surface area (Å²) in [6, 6.07) is 27.0. The molecule has 5 rings (SSSR count). The van der Waals surface area contributed by atoms with Crippen LogP contribution in [-0.2, 0) is 24.2 Å². The molecule has 0 bridgehead atoms. The number of aryl methyl sites for hydroxylation is 1. The summed E-state index contributed by atoms with van der Waals surface area (Å²) < 4.78 is 1.86. The predicted octanol–water partition coefficient (Wildman–Crippen LogP) is 3.92. The van der Waals surface area contributed by atoms with E-state index in [-0.39, 0.29) is 12.5 Å². The van der Waals surface area contributed by atoms with Crippen LogP contribution in [0.15, 0.2) is 84.9 Å². The van der Waals surface area contributed by atoms with Crippen LogP contribution >= 0.6 is 0 Å². The summed E-state index contributed by atoms with van der Waals surface area (Å²) in [6.07, 6.45) is 2.43. The van der Waals surface area contributed by atoms with Gasteiger partial charge < -0.3 is 5.32 Å². The standard InChI is InChI=1S/C31H32N8O3/c1-2-8-26-18-29(31(41)32-25(20-38(42)21-40)17-22-9-4-3-5-10-22)35-39(26)19-23-13-15-24(16-14-23)27-11-6-7-12-28(27)30-33-36-37-34-30/h3-7,9-16,18,21,25,42H,2,8,17,19-20H2,1H3,(H,32,41)(H,33,34,36,37)/t25-/m1/s1. The number of hydrogen-bond acceptors (Lipinski definition) is 7. The van der Waals surface area contributed by atoms with Crippen molar-refractivity contribution in [1.82, 2.24) is 40.8 Å². The third-order valence-corrected chi connectivity index (χ3v) is 6.92. The van der Waals surface area contributed by atoms with Crippen molar-refractivity contribution in [3.8, 4) is 22.5 Å². The van der Waals surface area contributed by atoms with E-state index in [9.17, 15) is 14.8 Å². The van der Waals surface area contributed by atoms with Crippen LogP contribution in [0.5, 0.6) is 0 Å². The molecule has 1 atom stereocenters. The Bertz CT molecular complexity index is 1600. The van der Waals surface area contributed by atoms with E-state index in [0.29, 0.717) is 36.0 Å². The zero-order valence-corrected chi connectivity index (χ0v) is 23.2. The van der Waals surface area contributed by atoms with Gasteiger partial charge in [0.1, 0.15) is 5.69 Å². The Morgan fingerprint density at radius 1 is 1.02 bits per heavy atom. The topological polar surface area (TPSA) is 142 Å². The quantitative estimate of drug-likeness (QED) is 0.112. The Labute approximate surface area is 243 Å². The number of rotatable bonds is 13. The van der Waals surface area contributed by atoms with Crippen molar-refractivity contribution in [2.75, 3.05) is 6.54 Å². The Balaban J connectivity index is 1.33. The highest BCUT2D eigenvalue weighted by Gasteiger charge is 2.20. The fraction of sp³-hybridized carbons (Fsp3) is 0.226. The van der Waals surface area contributed by atoms with Gasteiger partial charge in [0.05, 0.1) is 19.1 Å². The molecule has 0 aliphatic carbocycles. The number of tetrazole rings is 1. The molecule has 0 aliphatic rings. The zero-order valence-electron chi connectivity index (χ0n) is 23.2. The average molecular weight is 565 g/mol. The molecule has 3 N–H and O–H groups in total. The second-order valence-corrected chi connectivity index (χ2v) is 10.0. The van der Waals surface area contributed by atoms with Crippen LogP contribution in [0, 0.1) is 0 Å². The van der Waals surface area contributed by atoms with Crippen molar-refractivity contribution < 1.29 is 14.8 Å². The van der Waals surface area contributed by atoms with E-state index in [0.717, 1.165) is 46.4 Å². The first-order valence-electron chi connectivity index (χ1n) is 13.8. The number of nitrogens with zero attached hydrogens (tertiary/aromatic N) is 6. The lowest BCUT2D eigenvalue weighted by Crippen LogP contribution is -2.44. The molecule has 3 aromatic carbocycles. The maximum Gasteiger partial charge on any atom is 0.272 e. The average Bonchev–Trinajstić information content (AvgIpc) is 3.69. The minimum atomic E-state index is -0.502. The molecule has 2 heterocycles. The van der Waals surface area contributed by atoms with Crippen molar-refractivity contribution in [3.63, 3.8) is 0 Å². The number of nitrogens with one attached hydrogen (secondary N) is 2. The summed E-state index contributed by atoms with van der Waals surface area (Å²) in [7, 11) is 0. The summed E-state index contributed by atoms with van der Waals surface area (Å²) in [6.45, 7) is 2.53. The molecule has 11 nitrogen and oxygen atoms in total. The van der Waals surface area contributed by atoms with Crippen molar-refractivity contribution in [2.45, 2.75) is 38.8 Å². The fourth-order valence-corrected chi connectivity index (χ4v) is 4.93. The van der Waals surface area contributed by atoms with Gasteiger partial charge in [-0.1, -0.05) is 92.2 Å². The molecule has 11 heteroatoms. The van der Waals surface area contributed by atoms with Gasteiger partial charge in [0.25, 0.3) is 5.91 Å². The Hall–Kier alpha value is -5.16. The van der Waals surface area contributed by atoms with E-state index in [1.807, 2.05) is 77.5 Å². The lowest BCUT2D eigenvalue weighted by molar-refractivity contribution is -0.150. The number of H-pyrrole nitrogens is 1. The molecule has 0 spiro atoms. The normalized spacial score (nSPS) is 11.7. The first-order valence-corrected chi connectivity index (χ1v) is 13.8. The number of carbonyl (C=O) groups is 2. The van der Waals surface area contributed by atoms with Gasteiger partial charge in [-0.3, -0.25) is 19.5 Å². The van der Waals surface area contributed by atoms with Crippen molar-refractivity contribution >= 4 is 12.3 Å². The maximum absolute atomic E-state index is 13.3. The number of aromatic nitrogens is 6. The van der Waals surface area contributed by atoms with E-state index in [1.165, 1.54) is 0 Å². The molecule has 2 aromatic heterocycles. The maximum atomic E-state index is 13.3. The molecular weight excluding hydrogens is 532 g/mol. The first-order chi connectivity index (χ1) is 20.5. The van der Waals surface area contributed by atoms with Crippen molar-refractivity contribution in [2.24, 2.45) is 0 Å². The molecule has 0 aliphatic heterocycles. The molecule has 0 radical (unpaired) electrons. The molecule has 214 valence electrons. The molecule has 0 unspecified atom stereocenters. The summed E-state index contributed by atoms with van der Waals surface area (Å²) in [5.74, 6) is 0.241. The number of carbonyl (C=O) groups excluding carboxylic acids is 2. The van der Waals surface area contributed by atoms with Gasteiger partial charge in [-0.2, -0.15) is 5.10 Å². The monoisotopic (exact) mass is 564 g/mol. The zero-order chi connectivity index (χ0) is 29.3. The van der Waals surface area contributed by atoms with Gasteiger partial charge in [0.15, 0.2) is 5.82 Å². The van der Waals surface area contributed by atoms with Crippen LogP contribution in [0.25, 0.3) is 22.5 Å². The molecule has 0 saturated carbocycles. The van der Waals surface area contributed by atoms with Gasteiger partial charge in [0.2, 0.25) is 6.41 Å². The summed E-state index contributed by atoms with van der Waals surface area (Å²) in [4.78, 5) is 24.3. The van der Waals surface area contributed by atoms with E-state index in [2.05, 4.69) is 50.1 Å².